The van der Waals surface area contributed by atoms with Crippen LogP contribution in [0.2, 0.25) is 10.0 Å². The minimum absolute atomic E-state index is 0.233. The molecule has 0 N–H and O–H groups in total. The summed E-state index contributed by atoms with van der Waals surface area (Å²) in [5.74, 6) is -0.435. The summed E-state index contributed by atoms with van der Waals surface area (Å²) in [4.78, 5) is 0. The van der Waals surface area contributed by atoms with Gasteiger partial charge in [0, 0.05) is 5.56 Å². The maximum absolute atomic E-state index is 13.6. The third kappa shape index (κ3) is 3.14. The van der Waals surface area contributed by atoms with Crippen LogP contribution in [0.4, 0.5) is 4.39 Å². The lowest BCUT2D eigenvalue weighted by Gasteiger charge is -2.02. The van der Waals surface area contributed by atoms with Crippen molar-refractivity contribution in [3.8, 4) is 6.07 Å². The van der Waals surface area contributed by atoms with Crippen LogP contribution in [0.15, 0.2) is 42.5 Å². The fourth-order valence-corrected chi connectivity index (χ4v) is 1.93. The Hall–Kier alpha value is -1.82. The predicted octanol–water partition coefficient (Wildman–Crippen LogP) is 5.20. The minimum Gasteiger partial charge on any atom is -0.206 e. The lowest BCUT2D eigenvalue weighted by Crippen LogP contribution is -1.87. The third-order valence-corrected chi connectivity index (χ3v) is 3.28. The fraction of sp³-hybridized carbons (Fsp3) is 0. The van der Waals surface area contributed by atoms with Gasteiger partial charge in [-0.05, 0) is 29.8 Å². The number of nitrogens with zero attached hydrogens (tertiary/aromatic N) is 1. The van der Waals surface area contributed by atoms with Crippen molar-refractivity contribution < 1.29 is 4.39 Å². The smallest absolute Gasteiger partial charge is 0.131 e. The molecule has 0 fully saturated rings. The van der Waals surface area contributed by atoms with Gasteiger partial charge < -0.3 is 0 Å². The van der Waals surface area contributed by atoms with Gasteiger partial charge in [0.25, 0.3) is 0 Å². The van der Waals surface area contributed by atoms with Crippen molar-refractivity contribution in [2.45, 2.75) is 0 Å². The molecule has 19 heavy (non-hydrogen) atoms. The van der Waals surface area contributed by atoms with E-state index in [1.807, 2.05) is 6.07 Å². The first-order valence-corrected chi connectivity index (χ1v) is 6.19. The Kier molecular flexibility index (Phi) is 4.21. The first-order valence-electron chi connectivity index (χ1n) is 5.43. The zero-order valence-electron chi connectivity index (χ0n) is 9.70. The first-order chi connectivity index (χ1) is 9.11. The zero-order valence-corrected chi connectivity index (χ0v) is 11.2. The summed E-state index contributed by atoms with van der Waals surface area (Å²) in [7, 11) is 0. The average Bonchev–Trinajstić information content (AvgIpc) is 2.41. The molecule has 4 heteroatoms. The lowest BCUT2D eigenvalue weighted by atomic mass is 10.0. The van der Waals surface area contributed by atoms with Crippen molar-refractivity contribution in [2.24, 2.45) is 0 Å². The van der Waals surface area contributed by atoms with Crippen LogP contribution in [0.5, 0.6) is 0 Å². The lowest BCUT2D eigenvalue weighted by molar-refractivity contribution is 0.624. The highest BCUT2D eigenvalue weighted by atomic mass is 35.5. The second kappa shape index (κ2) is 5.88. The van der Waals surface area contributed by atoms with Gasteiger partial charge in [0.1, 0.15) is 5.82 Å². The van der Waals surface area contributed by atoms with E-state index in [4.69, 9.17) is 28.5 Å². The number of hydrogen-bond donors (Lipinski definition) is 0. The van der Waals surface area contributed by atoms with Crippen LogP contribution < -0.4 is 0 Å². The van der Waals surface area contributed by atoms with E-state index in [-0.39, 0.29) is 11.1 Å². The van der Waals surface area contributed by atoms with Crippen LogP contribution >= 0.6 is 23.2 Å². The molecule has 0 heterocycles. The van der Waals surface area contributed by atoms with Crippen molar-refractivity contribution in [3.63, 3.8) is 0 Å². The largest absolute Gasteiger partial charge is 0.206 e. The summed E-state index contributed by atoms with van der Waals surface area (Å²) < 4.78 is 13.6. The molecule has 0 spiro atoms. The SMILES string of the molecule is N#CC(=Cc1ccc(Cl)c(Cl)c1)c1ccccc1F. The quantitative estimate of drug-likeness (QED) is 0.551. The Morgan fingerprint density at radius 2 is 1.84 bits per heavy atom. The van der Waals surface area contributed by atoms with Gasteiger partial charge in [-0.1, -0.05) is 47.5 Å². The molecule has 2 rings (SSSR count). The molecule has 94 valence electrons. The van der Waals surface area contributed by atoms with E-state index < -0.39 is 5.82 Å². The van der Waals surface area contributed by atoms with Crippen LogP contribution in [0, 0.1) is 17.1 Å². The number of halogens is 3. The Balaban J connectivity index is 2.48. The minimum atomic E-state index is -0.435. The highest BCUT2D eigenvalue weighted by Crippen LogP contribution is 2.26. The summed E-state index contributed by atoms with van der Waals surface area (Å²) >= 11 is 11.7. The Labute approximate surface area is 120 Å². The number of rotatable bonds is 2. The molecular formula is C15H8Cl2FN. The van der Waals surface area contributed by atoms with Gasteiger partial charge in [-0.15, -0.1) is 0 Å². The van der Waals surface area contributed by atoms with Crippen molar-refractivity contribution >= 4 is 34.9 Å². The number of allylic oxidation sites excluding steroid dienone is 1. The monoisotopic (exact) mass is 291 g/mol. The van der Waals surface area contributed by atoms with Crippen LogP contribution in [-0.2, 0) is 0 Å². The highest BCUT2D eigenvalue weighted by molar-refractivity contribution is 6.42. The molecule has 0 aliphatic rings. The maximum atomic E-state index is 13.6. The topological polar surface area (TPSA) is 23.8 Å². The summed E-state index contributed by atoms with van der Waals surface area (Å²) in [6.45, 7) is 0. The van der Waals surface area contributed by atoms with E-state index >= 15 is 0 Å². The van der Waals surface area contributed by atoms with Crippen molar-refractivity contribution in [1.29, 1.82) is 5.26 Å². The molecule has 2 aromatic carbocycles. The second-order valence-electron chi connectivity index (χ2n) is 3.82. The van der Waals surface area contributed by atoms with Crippen LogP contribution in [0.25, 0.3) is 11.6 Å². The maximum Gasteiger partial charge on any atom is 0.131 e. The highest BCUT2D eigenvalue weighted by Gasteiger charge is 2.07. The molecule has 2 aromatic rings. The number of hydrogen-bond acceptors (Lipinski definition) is 1. The molecule has 0 unspecified atom stereocenters. The molecular weight excluding hydrogens is 284 g/mol. The Bertz CT molecular complexity index is 687. The van der Waals surface area contributed by atoms with Gasteiger partial charge in [-0.3, -0.25) is 0 Å². The van der Waals surface area contributed by atoms with Crippen LogP contribution in [0.1, 0.15) is 11.1 Å². The standard InChI is InChI=1S/C15H8Cl2FN/c16-13-6-5-10(8-14(13)17)7-11(9-19)12-3-1-2-4-15(12)18/h1-8H. The molecule has 0 aromatic heterocycles. The Morgan fingerprint density at radius 1 is 1.11 bits per heavy atom. The van der Waals surface area contributed by atoms with Crippen LogP contribution in [0.3, 0.4) is 0 Å². The molecule has 0 saturated carbocycles. The Morgan fingerprint density at radius 3 is 2.47 bits per heavy atom. The van der Waals surface area contributed by atoms with Gasteiger partial charge in [-0.25, -0.2) is 4.39 Å². The van der Waals surface area contributed by atoms with Gasteiger partial charge in [-0.2, -0.15) is 5.26 Å². The van der Waals surface area contributed by atoms with Gasteiger partial charge in [0.05, 0.1) is 21.7 Å². The van der Waals surface area contributed by atoms with E-state index in [9.17, 15) is 4.39 Å². The molecule has 1 nitrogen and oxygen atoms in total. The van der Waals surface area contributed by atoms with E-state index in [1.54, 1.807) is 42.5 Å². The summed E-state index contributed by atoms with van der Waals surface area (Å²) in [5.41, 5.74) is 1.18. The predicted molar refractivity (Wildman–Crippen MR) is 76.3 cm³/mol. The van der Waals surface area contributed by atoms with Gasteiger partial charge in [0.2, 0.25) is 0 Å². The molecule has 0 bridgehead atoms. The van der Waals surface area contributed by atoms with E-state index in [2.05, 4.69) is 0 Å². The molecule has 0 atom stereocenters. The zero-order chi connectivity index (χ0) is 13.8. The number of benzene rings is 2. The van der Waals surface area contributed by atoms with Gasteiger partial charge >= 0.3 is 0 Å². The molecule has 0 aliphatic heterocycles. The average molecular weight is 292 g/mol. The first kappa shape index (κ1) is 13.6. The van der Waals surface area contributed by atoms with Crippen LogP contribution in [-0.4, -0.2) is 0 Å². The van der Waals surface area contributed by atoms with E-state index in [0.29, 0.717) is 15.6 Å². The third-order valence-electron chi connectivity index (χ3n) is 2.54. The molecule has 0 saturated heterocycles. The van der Waals surface area contributed by atoms with E-state index in [1.165, 1.54) is 6.07 Å². The van der Waals surface area contributed by atoms with Crippen molar-refractivity contribution in [1.82, 2.24) is 0 Å². The van der Waals surface area contributed by atoms with E-state index in [0.717, 1.165) is 0 Å². The van der Waals surface area contributed by atoms with Crippen molar-refractivity contribution in [2.75, 3.05) is 0 Å². The summed E-state index contributed by atoms with van der Waals surface area (Å²) in [6, 6.07) is 13.1. The normalized spacial score (nSPS) is 11.2. The summed E-state index contributed by atoms with van der Waals surface area (Å²) in [6.07, 6.45) is 1.57. The molecule has 0 amide bonds. The van der Waals surface area contributed by atoms with Crippen molar-refractivity contribution in [3.05, 3.63) is 69.5 Å². The van der Waals surface area contributed by atoms with Gasteiger partial charge in [0.15, 0.2) is 0 Å². The number of nitriles is 1. The summed E-state index contributed by atoms with van der Waals surface area (Å²) in [5, 5.41) is 9.97. The fourth-order valence-electron chi connectivity index (χ4n) is 1.62. The second-order valence-corrected chi connectivity index (χ2v) is 4.64. The molecule has 0 radical (unpaired) electrons. The molecule has 0 aliphatic carbocycles.